The fourth-order valence-corrected chi connectivity index (χ4v) is 5.18. The molecule has 1 aromatic carbocycles. The van der Waals surface area contributed by atoms with Gasteiger partial charge in [-0.05, 0) is 42.5 Å². The Balaban J connectivity index is 2.06. The summed E-state index contributed by atoms with van der Waals surface area (Å²) in [4.78, 5) is 4.42. The van der Waals surface area contributed by atoms with Crippen LogP contribution in [0.3, 0.4) is 0 Å². The predicted octanol–water partition coefficient (Wildman–Crippen LogP) is 3.44. The fourth-order valence-electron chi connectivity index (χ4n) is 2.56. The van der Waals surface area contributed by atoms with Gasteiger partial charge in [0.25, 0.3) is 0 Å². The number of benzene rings is 1. The second-order valence-corrected chi connectivity index (χ2v) is 8.55. The molecule has 3 aromatic heterocycles. The van der Waals surface area contributed by atoms with E-state index >= 15 is 0 Å². The molecule has 4 aromatic rings. The SMILES string of the molecule is Cc1ccc(C)c(S(=O)(=O)c2nnn3c2nc(Cl)c2sccc23)c1. The molecule has 0 amide bonds. The molecule has 0 saturated carbocycles. The lowest BCUT2D eigenvalue weighted by atomic mass is 10.2. The largest absolute Gasteiger partial charge is 0.229 e. The van der Waals surface area contributed by atoms with E-state index in [1.165, 1.54) is 15.9 Å². The number of hydrogen-bond acceptors (Lipinski definition) is 6. The summed E-state index contributed by atoms with van der Waals surface area (Å²) in [6.45, 7) is 3.58. The molecule has 0 atom stereocenters. The Kier molecular flexibility index (Phi) is 3.38. The lowest BCUT2D eigenvalue weighted by Gasteiger charge is -2.06. The van der Waals surface area contributed by atoms with Crippen molar-refractivity contribution in [3.05, 3.63) is 45.9 Å². The van der Waals surface area contributed by atoms with Crippen LogP contribution in [-0.2, 0) is 9.84 Å². The number of aromatic nitrogens is 4. The van der Waals surface area contributed by atoms with Crippen molar-refractivity contribution in [2.24, 2.45) is 0 Å². The van der Waals surface area contributed by atoms with Gasteiger partial charge in [-0.2, -0.15) is 4.52 Å². The van der Waals surface area contributed by atoms with E-state index in [1.54, 1.807) is 19.1 Å². The van der Waals surface area contributed by atoms with Crippen LogP contribution in [0.4, 0.5) is 0 Å². The van der Waals surface area contributed by atoms with Gasteiger partial charge in [-0.1, -0.05) is 28.9 Å². The van der Waals surface area contributed by atoms with Crippen LogP contribution in [0, 0.1) is 13.8 Å². The first-order chi connectivity index (χ1) is 11.4. The number of rotatable bonds is 2. The number of sulfone groups is 1. The number of aryl methyl sites for hydroxylation is 2. The Bertz CT molecular complexity index is 1210. The van der Waals surface area contributed by atoms with Gasteiger partial charge in [0.15, 0.2) is 10.8 Å². The topological polar surface area (TPSA) is 77.2 Å². The predicted molar refractivity (Wildman–Crippen MR) is 92.5 cm³/mol. The molecule has 0 aliphatic rings. The van der Waals surface area contributed by atoms with Gasteiger partial charge in [0.1, 0.15) is 0 Å². The quantitative estimate of drug-likeness (QED) is 0.499. The van der Waals surface area contributed by atoms with Crippen LogP contribution in [0.1, 0.15) is 11.1 Å². The van der Waals surface area contributed by atoms with E-state index < -0.39 is 9.84 Å². The van der Waals surface area contributed by atoms with E-state index in [-0.39, 0.29) is 20.7 Å². The van der Waals surface area contributed by atoms with Gasteiger partial charge in [0.2, 0.25) is 14.9 Å². The second-order valence-electron chi connectivity index (χ2n) is 5.44. The highest BCUT2D eigenvalue weighted by atomic mass is 35.5. The first-order valence-electron chi connectivity index (χ1n) is 7.00. The number of thiophene rings is 1. The summed E-state index contributed by atoms with van der Waals surface area (Å²) >= 11 is 7.61. The maximum Gasteiger partial charge on any atom is 0.229 e. The van der Waals surface area contributed by atoms with Gasteiger partial charge in [-0.15, -0.1) is 16.4 Å². The van der Waals surface area contributed by atoms with Crippen molar-refractivity contribution in [1.82, 2.24) is 19.8 Å². The highest BCUT2D eigenvalue weighted by molar-refractivity contribution is 7.91. The summed E-state index contributed by atoms with van der Waals surface area (Å²) in [5.74, 6) is 0. The molecule has 0 saturated heterocycles. The third kappa shape index (κ3) is 2.14. The maximum atomic E-state index is 13.1. The number of hydrogen-bond donors (Lipinski definition) is 0. The Morgan fingerprint density at radius 3 is 2.79 bits per heavy atom. The molecule has 0 N–H and O–H groups in total. The van der Waals surface area contributed by atoms with Crippen molar-refractivity contribution < 1.29 is 8.42 Å². The number of fused-ring (bicyclic) bond motifs is 3. The molecule has 24 heavy (non-hydrogen) atoms. The molecule has 122 valence electrons. The Labute approximate surface area is 146 Å². The maximum absolute atomic E-state index is 13.1. The Hall–Kier alpha value is -2.03. The van der Waals surface area contributed by atoms with E-state index in [4.69, 9.17) is 11.6 Å². The van der Waals surface area contributed by atoms with Crippen LogP contribution in [0.2, 0.25) is 5.15 Å². The normalized spacial score (nSPS) is 12.3. The molecule has 9 heteroatoms. The molecule has 0 aliphatic carbocycles. The van der Waals surface area contributed by atoms with Gasteiger partial charge in [0, 0.05) is 0 Å². The minimum absolute atomic E-state index is 0.131. The Morgan fingerprint density at radius 1 is 1.21 bits per heavy atom. The molecule has 3 heterocycles. The zero-order valence-corrected chi connectivity index (χ0v) is 15.1. The van der Waals surface area contributed by atoms with Crippen LogP contribution in [0.5, 0.6) is 0 Å². The molecule has 0 bridgehead atoms. The number of nitrogens with zero attached hydrogens (tertiary/aromatic N) is 4. The summed E-state index contributed by atoms with van der Waals surface area (Å²) in [5.41, 5.74) is 2.31. The standard InChI is InChI=1S/C15H11ClN4O2S2/c1-8-3-4-9(2)11(7-8)24(21,22)15-14-17-13(16)12-10(5-6-23-12)20(14)19-18-15/h3-7H,1-2H3. The molecule has 0 radical (unpaired) electrons. The second kappa shape index (κ2) is 5.23. The van der Waals surface area contributed by atoms with Crippen molar-refractivity contribution in [2.75, 3.05) is 0 Å². The van der Waals surface area contributed by atoms with Crippen LogP contribution in [0.15, 0.2) is 39.6 Å². The molecule has 0 aliphatic heterocycles. The lowest BCUT2D eigenvalue weighted by molar-refractivity contribution is 0.592. The zero-order valence-electron chi connectivity index (χ0n) is 12.7. The van der Waals surface area contributed by atoms with E-state index in [0.717, 1.165) is 10.3 Å². The van der Waals surface area contributed by atoms with Crippen LogP contribution >= 0.6 is 22.9 Å². The van der Waals surface area contributed by atoms with E-state index in [0.29, 0.717) is 11.1 Å². The average Bonchev–Trinajstić information content (AvgIpc) is 3.16. The monoisotopic (exact) mass is 378 g/mol. The summed E-state index contributed by atoms with van der Waals surface area (Å²) in [6, 6.07) is 7.07. The first kappa shape index (κ1) is 15.5. The molecular formula is C15H11ClN4O2S2. The van der Waals surface area contributed by atoms with Gasteiger partial charge in [0.05, 0.1) is 15.1 Å². The smallest absolute Gasteiger partial charge is 0.217 e. The fraction of sp³-hybridized carbons (Fsp3) is 0.133. The minimum atomic E-state index is -3.86. The highest BCUT2D eigenvalue weighted by Gasteiger charge is 2.28. The first-order valence-corrected chi connectivity index (χ1v) is 9.74. The van der Waals surface area contributed by atoms with Crippen molar-refractivity contribution in [2.45, 2.75) is 23.8 Å². The van der Waals surface area contributed by atoms with Crippen LogP contribution in [-0.4, -0.2) is 28.2 Å². The minimum Gasteiger partial charge on any atom is -0.217 e. The van der Waals surface area contributed by atoms with Gasteiger partial charge >= 0.3 is 0 Å². The highest BCUT2D eigenvalue weighted by Crippen LogP contribution is 2.31. The van der Waals surface area contributed by atoms with Crippen molar-refractivity contribution in [3.63, 3.8) is 0 Å². The lowest BCUT2D eigenvalue weighted by Crippen LogP contribution is -2.06. The van der Waals surface area contributed by atoms with Crippen LogP contribution in [0.25, 0.3) is 15.9 Å². The van der Waals surface area contributed by atoms with Crippen molar-refractivity contribution in [3.8, 4) is 0 Å². The van der Waals surface area contributed by atoms with Gasteiger partial charge < -0.3 is 0 Å². The molecular weight excluding hydrogens is 368 g/mol. The Morgan fingerprint density at radius 2 is 2.00 bits per heavy atom. The summed E-state index contributed by atoms with van der Waals surface area (Å²) < 4.78 is 28.3. The van der Waals surface area contributed by atoms with Gasteiger partial charge in [-0.25, -0.2) is 13.4 Å². The van der Waals surface area contributed by atoms with E-state index in [1.807, 2.05) is 24.4 Å². The van der Waals surface area contributed by atoms with E-state index in [9.17, 15) is 8.42 Å². The third-order valence-corrected chi connectivity index (χ3v) is 6.86. The average molecular weight is 379 g/mol. The molecule has 4 rings (SSSR count). The summed E-state index contributed by atoms with van der Waals surface area (Å²) in [6.07, 6.45) is 0. The summed E-state index contributed by atoms with van der Waals surface area (Å²) in [7, 11) is -3.86. The molecule has 6 nitrogen and oxygen atoms in total. The third-order valence-electron chi connectivity index (χ3n) is 3.77. The zero-order chi connectivity index (χ0) is 17.1. The molecule has 0 unspecified atom stereocenters. The van der Waals surface area contributed by atoms with Crippen molar-refractivity contribution >= 4 is 48.6 Å². The van der Waals surface area contributed by atoms with Crippen LogP contribution < -0.4 is 0 Å². The van der Waals surface area contributed by atoms with Crippen molar-refractivity contribution in [1.29, 1.82) is 0 Å². The number of halogens is 1. The van der Waals surface area contributed by atoms with Gasteiger partial charge in [-0.3, -0.25) is 0 Å². The molecule has 0 fully saturated rings. The molecule has 0 spiro atoms. The summed E-state index contributed by atoms with van der Waals surface area (Å²) in [5, 5.41) is 9.77. The van der Waals surface area contributed by atoms with E-state index in [2.05, 4.69) is 15.3 Å².